The van der Waals surface area contributed by atoms with Crippen molar-refractivity contribution in [2.75, 3.05) is 18.4 Å². The highest BCUT2D eigenvalue weighted by Gasteiger charge is 2.37. The van der Waals surface area contributed by atoms with Crippen molar-refractivity contribution in [3.05, 3.63) is 12.4 Å². The van der Waals surface area contributed by atoms with Crippen molar-refractivity contribution >= 4 is 5.95 Å². The molecule has 0 radical (unpaired) electrons. The van der Waals surface area contributed by atoms with Gasteiger partial charge in [0.05, 0.1) is 6.04 Å². The summed E-state index contributed by atoms with van der Waals surface area (Å²) in [5.74, 6) is 1.12. The van der Waals surface area contributed by atoms with Crippen LogP contribution in [0.15, 0.2) is 12.4 Å². The average molecular weight is 274 g/mol. The number of nitrogens with one attached hydrogen (secondary N) is 1. The Hall–Kier alpha value is -1.03. The quantitative estimate of drug-likeness (QED) is 0.919. The second kappa shape index (κ2) is 5.40. The number of aromatic nitrogens is 2. The number of piperidine rings is 1. The number of imidazole rings is 1. The Balaban J connectivity index is 1.51. The summed E-state index contributed by atoms with van der Waals surface area (Å²) in [6, 6.07) is 2.05. The lowest BCUT2D eigenvalue weighted by Gasteiger charge is -2.33. The van der Waals surface area contributed by atoms with Gasteiger partial charge in [0.25, 0.3) is 0 Å². The van der Waals surface area contributed by atoms with Gasteiger partial charge < -0.3 is 9.88 Å². The standard InChI is InChI=1S/C16H26N4/c1-2-6-13(5-1)18-16-17-9-12-20(16)15-8-11-19-10-4-3-7-14(15)19/h9,12-15H,1-8,10-11H2,(H,17,18). The Morgan fingerprint density at radius 2 is 1.80 bits per heavy atom. The molecule has 20 heavy (non-hydrogen) atoms. The van der Waals surface area contributed by atoms with Crippen LogP contribution in [-0.4, -0.2) is 39.6 Å². The molecule has 1 aliphatic carbocycles. The molecule has 0 amide bonds. The number of hydrogen-bond acceptors (Lipinski definition) is 3. The van der Waals surface area contributed by atoms with E-state index in [1.54, 1.807) is 0 Å². The summed E-state index contributed by atoms with van der Waals surface area (Å²) < 4.78 is 2.44. The number of rotatable bonds is 3. The van der Waals surface area contributed by atoms with Crippen LogP contribution in [-0.2, 0) is 0 Å². The van der Waals surface area contributed by atoms with Crippen LogP contribution in [0.5, 0.6) is 0 Å². The molecule has 3 heterocycles. The lowest BCUT2D eigenvalue weighted by Crippen LogP contribution is -2.38. The maximum absolute atomic E-state index is 4.60. The molecule has 2 saturated heterocycles. The molecule has 110 valence electrons. The van der Waals surface area contributed by atoms with Gasteiger partial charge in [-0.25, -0.2) is 4.98 Å². The molecule has 0 aromatic carbocycles. The zero-order valence-electron chi connectivity index (χ0n) is 12.3. The Morgan fingerprint density at radius 3 is 2.70 bits per heavy atom. The molecule has 3 fully saturated rings. The van der Waals surface area contributed by atoms with Gasteiger partial charge in [0, 0.05) is 31.0 Å². The number of anilines is 1. The molecule has 1 aromatic heterocycles. The summed E-state index contributed by atoms with van der Waals surface area (Å²) >= 11 is 0. The predicted molar refractivity (Wildman–Crippen MR) is 81.0 cm³/mol. The lowest BCUT2D eigenvalue weighted by atomic mass is 9.99. The highest BCUT2D eigenvalue weighted by Crippen LogP contribution is 2.36. The molecule has 0 spiro atoms. The molecule has 2 atom stereocenters. The molecule has 4 nitrogen and oxygen atoms in total. The van der Waals surface area contributed by atoms with Crippen LogP contribution in [0, 0.1) is 0 Å². The highest BCUT2D eigenvalue weighted by molar-refractivity contribution is 5.29. The molecule has 4 heteroatoms. The minimum absolute atomic E-state index is 0.640. The van der Waals surface area contributed by atoms with E-state index in [1.165, 1.54) is 64.5 Å². The van der Waals surface area contributed by atoms with E-state index in [0.29, 0.717) is 12.1 Å². The predicted octanol–water partition coefficient (Wildman–Crippen LogP) is 3.04. The van der Waals surface area contributed by atoms with E-state index >= 15 is 0 Å². The molecule has 0 bridgehead atoms. The first-order chi connectivity index (χ1) is 9.92. The van der Waals surface area contributed by atoms with E-state index in [-0.39, 0.29) is 0 Å². The first-order valence-electron chi connectivity index (χ1n) is 8.45. The smallest absolute Gasteiger partial charge is 0.203 e. The fourth-order valence-corrected chi connectivity index (χ4v) is 4.49. The lowest BCUT2D eigenvalue weighted by molar-refractivity contribution is 0.174. The molecular formula is C16H26N4. The van der Waals surface area contributed by atoms with Gasteiger partial charge in [-0.2, -0.15) is 0 Å². The zero-order chi connectivity index (χ0) is 13.4. The van der Waals surface area contributed by atoms with Gasteiger partial charge in [-0.3, -0.25) is 4.90 Å². The Labute approximate surface area is 121 Å². The van der Waals surface area contributed by atoms with Crippen LogP contribution >= 0.6 is 0 Å². The molecule has 2 aliphatic heterocycles. The van der Waals surface area contributed by atoms with E-state index < -0.39 is 0 Å². The van der Waals surface area contributed by atoms with Crippen molar-refractivity contribution in [3.63, 3.8) is 0 Å². The SMILES string of the molecule is c1cn(C2CCN3CCCCC23)c(NC2CCCC2)n1. The van der Waals surface area contributed by atoms with Crippen LogP contribution in [0.4, 0.5) is 5.95 Å². The van der Waals surface area contributed by atoms with Crippen molar-refractivity contribution in [2.45, 2.75) is 69.5 Å². The molecule has 4 rings (SSSR count). The Morgan fingerprint density at radius 1 is 0.950 bits per heavy atom. The molecule has 1 N–H and O–H groups in total. The number of hydrogen-bond donors (Lipinski definition) is 1. The van der Waals surface area contributed by atoms with Crippen LogP contribution in [0.2, 0.25) is 0 Å². The zero-order valence-corrected chi connectivity index (χ0v) is 12.3. The molecule has 3 aliphatic rings. The van der Waals surface area contributed by atoms with E-state index in [1.807, 2.05) is 6.20 Å². The Kier molecular flexibility index (Phi) is 3.42. The third kappa shape index (κ3) is 2.24. The van der Waals surface area contributed by atoms with Crippen LogP contribution in [0.1, 0.15) is 57.4 Å². The topological polar surface area (TPSA) is 33.1 Å². The van der Waals surface area contributed by atoms with Gasteiger partial charge in [0.1, 0.15) is 0 Å². The van der Waals surface area contributed by atoms with Crippen molar-refractivity contribution in [2.24, 2.45) is 0 Å². The van der Waals surface area contributed by atoms with Gasteiger partial charge in [0.15, 0.2) is 0 Å². The third-order valence-electron chi connectivity index (χ3n) is 5.53. The van der Waals surface area contributed by atoms with Crippen molar-refractivity contribution in [3.8, 4) is 0 Å². The minimum atomic E-state index is 0.640. The molecule has 1 aromatic rings. The first kappa shape index (κ1) is 12.7. The third-order valence-corrected chi connectivity index (χ3v) is 5.53. The second-order valence-corrected chi connectivity index (χ2v) is 6.74. The maximum Gasteiger partial charge on any atom is 0.203 e. The molecule has 1 saturated carbocycles. The van der Waals surface area contributed by atoms with Crippen molar-refractivity contribution in [1.29, 1.82) is 0 Å². The average Bonchev–Trinajstić information content (AvgIpc) is 3.19. The molecule has 2 unspecified atom stereocenters. The van der Waals surface area contributed by atoms with E-state index in [2.05, 4.69) is 26.0 Å². The minimum Gasteiger partial charge on any atom is -0.353 e. The van der Waals surface area contributed by atoms with Gasteiger partial charge in [-0.15, -0.1) is 0 Å². The summed E-state index contributed by atoms with van der Waals surface area (Å²) in [4.78, 5) is 7.30. The normalized spacial score (nSPS) is 31.6. The van der Waals surface area contributed by atoms with Crippen LogP contribution in [0.25, 0.3) is 0 Å². The molecular weight excluding hydrogens is 248 g/mol. The fourth-order valence-electron chi connectivity index (χ4n) is 4.49. The summed E-state index contributed by atoms with van der Waals surface area (Å²) in [6.07, 6.45) is 15.0. The van der Waals surface area contributed by atoms with Gasteiger partial charge in [-0.05, 0) is 38.6 Å². The number of fused-ring (bicyclic) bond motifs is 1. The second-order valence-electron chi connectivity index (χ2n) is 6.74. The highest BCUT2D eigenvalue weighted by atomic mass is 15.3. The summed E-state index contributed by atoms with van der Waals surface area (Å²) in [5, 5.41) is 3.70. The van der Waals surface area contributed by atoms with Crippen molar-refractivity contribution in [1.82, 2.24) is 14.5 Å². The monoisotopic (exact) mass is 274 g/mol. The summed E-state index contributed by atoms with van der Waals surface area (Å²) in [6.45, 7) is 2.58. The van der Waals surface area contributed by atoms with E-state index in [0.717, 1.165) is 12.0 Å². The maximum atomic E-state index is 4.60. The largest absolute Gasteiger partial charge is 0.353 e. The fraction of sp³-hybridized carbons (Fsp3) is 0.812. The van der Waals surface area contributed by atoms with E-state index in [9.17, 15) is 0 Å². The summed E-state index contributed by atoms with van der Waals surface area (Å²) in [5.41, 5.74) is 0. The summed E-state index contributed by atoms with van der Waals surface area (Å²) in [7, 11) is 0. The van der Waals surface area contributed by atoms with Gasteiger partial charge >= 0.3 is 0 Å². The van der Waals surface area contributed by atoms with Gasteiger partial charge in [0.2, 0.25) is 5.95 Å². The Bertz CT molecular complexity index is 449. The number of nitrogens with zero attached hydrogens (tertiary/aromatic N) is 3. The van der Waals surface area contributed by atoms with Gasteiger partial charge in [-0.1, -0.05) is 19.3 Å². The van der Waals surface area contributed by atoms with Crippen LogP contribution < -0.4 is 5.32 Å². The first-order valence-corrected chi connectivity index (χ1v) is 8.45. The van der Waals surface area contributed by atoms with Crippen molar-refractivity contribution < 1.29 is 0 Å². The van der Waals surface area contributed by atoms with E-state index in [4.69, 9.17) is 0 Å². The van der Waals surface area contributed by atoms with Crippen LogP contribution in [0.3, 0.4) is 0 Å².